The van der Waals surface area contributed by atoms with Gasteiger partial charge >= 0.3 is 13.1 Å². The van der Waals surface area contributed by atoms with Crippen LogP contribution in [0.15, 0.2) is 22.5 Å². The van der Waals surface area contributed by atoms with E-state index in [4.69, 9.17) is 9.39 Å². The Balaban J connectivity index is 1.93. The first-order valence-corrected chi connectivity index (χ1v) is 7.97. The molecule has 0 spiro atoms. The lowest BCUT2D eigenvalue weighted by Gasteiger charge is -2.28. The molecule has 1 aromatic carbocycles. The number of thioether (sulfide) groups is 1. The Labute approximate surface area is 134 Å². The maximum Gasteiger partial charge on any atom is 0.537 e. The lowest BCUT2D eigenvalue weighted by Crippen LogP contribution is -2.40. The summed E-state index contributed by atoms with van der Waals surface area (Å²) in [5, 5.41) is 23.0. The fourth-order valence-corrected chi connectivity index (χ4v) is 4.00. The molecule has 2 heterocycles. The molecule has 0 amide bonds. The first-order valence-electron chi connectivity index (χ1n) is 6.32. The normalized spacial score (nSPS) is 16.8. The molecule has 10 heteroatoms. The second-order valence-electron chi connectivity index (χ2n) is 4.54. The van der Waals surface area contributed by atoms with Crippen molar-refractivity contribution in [3.63, 3.8) is 0 Å². The molecule has 0 fully saturated rings. The first kappa shape index (κ1) is 15.1. The monoisotopic (exact) mass is 338 g/mol. The highest BCUT2D eigenvalue weighted by Crippen LogP contribution is 2.40. The highest BCUT2D eigenvalue weighted by molar-refractivity contribution is 8.02. The number of hydrogen-bond donors (Lipinski definition) is 2. The third kappa shape index (κ3) is 2.76. The molecule has 0 saturated carbocycles. The fourth-order valence-electron chi connectivity index (χ4n) is 2.25. The molecule has 0 bridgehead atoms. The van der Waals surface area contributed by atoms with Crippen molar-refractivity contribution in [2.75, 3.05) is 7.11 Å². The van der Waals surface area contributed by atoms with Crippen LogP contribution in [0.3, 0.4) is 0 Å². The van der Waals surface area contributed by atoms with Crippen LogP contribution in [-0.4, -0.2) is 45.1 Å². The molecule has 2 aromatic rings. The highest BCUT2D eigenvalue weighted by Gasteiger charge is 2.38. The van der Waals surface area contributed by atoms with Crippen molar-refractivity contribution >= 4 is 36.4 Å². The minimum atomic E-state index is -1.15. The minimum Gasteiger partial charge on any atom is -0.534 e. The maximum absolute atomic E-state index is 11.4. The van der Waals surface area contributed by atoms with Gasteiger partial charge in [-0.25, -0.2) is 4.79 Å². The van der Waals surface area contributed by atoms with E-state index in [1.165, 1.54) is 30.4 Å². The van der Waals surface area contributed by atoms with Crippen LogP contribution in [0.1, 0.15) is 15.9 Å². The Morgan fingerprint density at radius 2 is 2.41 bits per heavy atom. The summed E-state index contributed by atoms with van der Waals surface area (Å²) in [5.74, 6) is -0.784. The van der Waals surface area contributed by atoms with Gasteiger partial charge < -0.3 is 19.5 Å². The van der Waals surface area contributed by atoms with Crippen LogP contribution in [0.25, 0.3) is 0 Å². The third-order valence-electron chi connectivity index (χ3n) is 3.22. The van der Waals surface area contributed by atoms with Gasteiger partial charge in [0.25, 0.3) is 0 Å². The van der Waals surface area contributed by atoms with E-state index in [1.807, 2.05) is 0 Å². The van der Waals surface area contributed by atoms with E-state index >= 15 is 0 Å². The van der Waals surface area contributed by atoms with Crippen molar-refractivity contribution in [2.45, 2.75) is 15.8 Å². The van der Waals surface area contributed by atoms with Crippen LogP contribution >= 0.6 is 23.3 Å². The molecule has 22 heavy (non-hydrogen) atoms. The molecule has 114 valence electrons. The number of carbonyl (C=O) groups is 1. The number of fused-ring (bicyclic) bond motifs is 1. The summed E-state index contributed by atoms with van der Waals surface area (Å²) in [4.78, 5) is 11.4. The van der Waals surface area contributed by atoms with Gasteiger partial charge in [-0.3, -0.25) is 0 Å². The quantitative estimate of drug-likeness (QED) is 0.806. The number of rotatable bonds is 4. The summed E-state index contributed by atoms with van der Waals surface area (Å²) in [6, 6.07) is 3.35. The van der Waals surface area contributed by atoms with Crippen molar-refractivity contribution in [1.29, 1.82) is 0 Å². The number of carboxylic acids is 1. The Hall–Kier alpha value is -1.78. The largest absolute Gasteiger partial charge is 0.537 e. The molecule has 0 saturated heterocycles. The summed E-state index contributed by atoms with van der Waals surface area (Å²) < 4.78 is 15.2. The molecule has 0 unspecified atom stereocenters. The van der Waals surface area contributed by atoms with Crippen LogP contribution < -0.4 is 9.39 Å². The average Bonchev–Trinajstić information content (AvgIpc) is 2.99. The van der Waals surface area contributed by atoms with E-state index in [1.54, 1.807) is 18.3 Å². The lowest BCUT2D eigenvalue weighted by molar-refractivity contribution is 0.0690. The number of hydrogen-bond acceptors (Lipinski definition) is 8. The molecule has 1 aliphatic heterocycles. The number of ether oxygens (including phenoxy) is 1. The third-order valence-corrected chi connectivity index (χ3v) is 5.23. The van der Waals surface area contributed by atoms with Gasteiger partial charge in [-0.15, -0.1) is 16.9 Å². The topological polar surface area (TPSA) is 102 Å². The summed E-state index contributed by atoms with van der Waals surface area (Å²) in [6.45, 7) is 0. The predicted octanol–water partition coefficient (Wildman–Crippen LogP) is 1.36. The Bertz CT molecular complexity index is 697. The number of aromatic nitrogens is 2. The molecule has 0 radical (unpaired) electrons. The molecule has 0 aliphatic carbocycles. The number of carboxylic acid groups (broad SMARTS) is 1. The molecule has 1 aliphatic rings. The molecule has 2 N–H and O–H groups in total. The molecule has 1 aromatic heterocycles. The molecule has 1 atom stereocenters. The smallest absolute Gasteiger partial charge is 0.534 e. The summed E-state index contributed by atoms with van der Waals surface area (Å²) in [7, 11) is 0.271. The predicted molar refractivity (Wildman–Crippen MR) is 81.8 cm³/mol. The van der Waals surface area contributed by atoms with Crippen molar-refractivity contribution in [3.8, 4) is 11.5 Å². The van der Waals surface area contributed by atoms with E-state index < -0.39 is 13.1 Å². The second kappa shape index (κ2) is 6.15. The second-order valence-corrected chi connectivity index (χ2v) is 6.87. The minimum absolute atomic E-state index is 0.0676. The summed E-state index contributed by atoms with van der Waals surface area (Å²) in [5.41, 5.74) is 0.653. The van der Waals surface area contributed by atoms with Crippen molar-refractivity contribution in [2.24, 2.45) is 0 Å². The lowest BCUT2D eigenvalue weighted by atomic mass is 9.77. The molecular weight excluding hydrogens is 327 g/mol. The zero-order chi connectivity index (χ0) is 15.7. The van der Waals surface area contributed by atoms with Crippen LogP contribution in [0.5, 0.6) is 11.5 Å². The van der Waals surface area contributed by atoms with Crippen LogP contribution in [-0.2, 0) is 6.42 Å². The van der Waals surface area contributed by atoms with Gasteiger partial charge in [-0.05, 0) is 29.6 Å². The van der Waals surface area contributed by atoms with Crippen molar-refractivity contribution in [3.05, 3.63) is 29.5 Å². The molecular formula is C12H11BN2O5S2. The van der Waals surface area contributed by atoms with Gasteiger partial charge in [-0.2, -0.15) is 0 Å². The number of benzene rings is 1. The zero-order valence-electron chi connectivity index (χ0n) is 11.4. The van der Waals surface area contributed by atoms with E-state index in [2.05, 4.69) is 9.59 Å². The summed E-state index contributed by atoms with van der Waals surface area (Å²) >= 11 is 2.64. The average molecular weight is 338 g/mol. The van der Waals surface area contributed by atoms with Crippen LogP contribution in [0, 0.1) is 0 Å². The molecule has 7 nitrogen and oxygen atoms in total. The van der Waals surface area contributed by atoms with Gasteiger partial charge in [0.05, 0.1) is 18.5 Å². The van der Waals surface area contributed by atoms with Gasteiger partial charge in [-0.1, -0.05) is 10.6 Å². The van der Waals surface area contributed by atoms with Crippen molar-refractivity contribution < 1.29 is 24.3 Å². The summed E-state index contributed by atoms with van der Waals surface area (Å²) in [6.07, 6.45) is 2.09. The van der Waals surface area contributed by atoms with E-state index in [0.29, 0.717) is 6.42 Å². The van der Waals surface area contributed by atoms with Crippen LogP contribution in [0.2, 0.25) is 0 Å². The van der Waals surface area contributed by atoms with Gasteiger partial charge in [0.15, 0.2) is 0 Å². The Kier molecular flexibility index (Phi) is 4.23. The highest BCUT2D eigenvalue weighted by atomic mass is 32.2. The van der Waals surface area contributed by atoms with E-state index in [9.17, 15) is 14.9 Å². The Morgan fingerprint density at radius 3 is 3.05 bits per heavy atom. The number of methoxy groups -OCH3 is 1. The fraction of sp³-hybridized carbons (Fsp3) is 0.250. The maximum atomic E-state index is 11.4. The number of aromatic carboxylic acids is 1. The first-order chi connectivity index (χ1) is 10.6. The van der Waals surface area contributed by atoms with Crippen molar-refractivity contribution in [1.82, 2.24) is 9.59 Å². The SMILES string of the molecule is COc1ccc2c(c1C(=O)O)OB(O)[C@@H](Sc1cnns1)C2. The van der Waals surface area contributed by atoms with Gasteiger partial charge in [0.1, 0.15) is 21.3 Å². The molecule has 3 rings (SSSR count). The Morgan fingerprint density at radius 1 is 1.59 bits per heavy atom. The van der Waals surface area contributed by atoms with E-state index in [0.717, 1.165) is 9.77 Å². The van der Waals surface area contributed by atoms with Gasteiger partial charge in [0, 0.05) is 0 Å². The number of nitrogens with zero attached hydrogens (tertiary/aromatic N) is 2. The zero-order valence-corrected chi connectivity index (χ0v) is 13.1. The van der Waals surface area contributed by atoms with Crippen LogP contribution in [0.4, 0.5) is 0 Å². The standard InChI is InChI=1S/C12H11BN2O5S2/c1-19-7-3-2-6-4-8(21-9-5-14-15-22-9)13(18)20-11(6)10(7)12(16)17/h2-3,5,8,18H,4H2,1H3,(H,16,17)/t8-/m0/s1. The van der Waals surface area contributed by atoms with E-state index in [-0.39, 0.29) is 22.2 Å². The van der Waals surface area contributed by atoms with Gasteiger partial charge in [0.2, 0.25) is 0 Å².